The van der Waals surface area contributed by atoms with Crippen molar-refractivity contribution in [1.29, 1.82) is 0 Å². The van der Waals surface area contributed by atoms with Gasteiger partial charge in [-0.3, -0.25) is 0 Å². The van der Waals surface area contributed by atoms with Crippen molar-refractivity contribution in [2.75, 3.05) is 26.8 Å². The number of hydrogen-bond acceptors (Lipinski definition) is 4. The van der Waals surface area contributed by atoms with Crippen molar-refractivity contribution in [3.63, 3.8) is 0 Å². The summed E-state index contributed by atoms with van der Waals surface area (Å²) in [6.07, 6.45) is 0.747. The Morgan fingerprint density at radius 1 is 1.35 bits per heavy atom. The van der Waals surface area contributed by atoms with Gasteiger partial charge in [0.25, 0.3) is 0 Å². The molecular weight excluding hydrogens is 222 g/mol. The third-order valence-electron chi connectivity index (χ3n) is 2.76. The number of aliphatic hydroxyl groups is 1. The average Bonchev–Trinajstić information content (AvgIpc) is 2.15. The highest BCUT2D eigenvalue weighted by atomic mass is 16.6. The monoisotopic (exact) mass is 245 g/mol. The smallest absolute Gasteiger partial charge is 0.410 e. The van der Waals surface area contributed by atoms with Crippen molar-refractivity contribution >= 4 is 6.09 Å². The van der Waals surface area contributed by atoms with Crippen LogP contribution in [0, 0.1) is 0 Å². The summed E-state index contributed by atoms with van der Waals surface area (Å²) >= 11 is 0. The Hall–Kier alpha value is -0.810. The Morgan fingerprint density at radius 3 is 2.29 bits per heavy atom. The van der Waals surface area contributed by atoms with Gasteiger partial charge >= 0.3 is 6.09 Å². The van der Waals surface area contributed by atoms with E-state index in [9.17, 15) is 9.90 Å². The van der Waals surface area contributed by atoms with Crippen LogP contribution in [-0.4, -0.2) is 54.1 Å². The summed E-state index contributed by atoms with van der Waals surface area (Å²) in [6, 6.07) is 0. The lowest BCUT2D eigenvalue weighted by Gasteiger charge is -2.38. The lowest BCUT2D eigenvalue weighted by Crippen LogP contribution is -2.49. The first-order valence-electron chi connectivity index (χ1n) is 5.95. The van der Waals surface area contributed by atoms with Gasteiger partial charge in [-0.15, -0.1) is 0 Å². The fraction of sp³-hybridized carbons (Fsp3) is 0.917. The molecule has 1 saturated heterocycles. The molecule has 5 nitrogen and oxygen atoms in total. The number of carbonyl (C=O) groups excluding carboxylic acids is 1. The van der Waals surface area contributed by atoms with E-state index in [2.05, 4.69) is 0 Å². The van der Waals surface area contributed by atoms with Gasteiger partial charge in [-0.1, -0.05) is 0 Å². The molecule has 17 heavy (non-hydrogen) atoms. The van der Waals surface area contributed by atoms with Gasteiger partial charge < -0.3 is 19.5 Å². The minimum atomic E-state index is -0.798. The maximum atomic E-state index is 11.8. The summed E-state index contributed by atoms with van der Waals surface area (Å²) in [5, 5.41) is 10.1. The standard InChI is InChI=1S/C12H23NO4/c1-11(2,3)17-10(14)13-7-5-12(15,6-8-13)9-16-4/h15H,5-9H2,1-4H3. The van der Waals surface area contributed by atoms with Crippen molar-refractivity contribution in [1.82, 2.24) is 4.90 Å². The number of methoxy groups -OCH3 is 1. The second kappa shape index (κ2) is 5.23. The van der Waals surface area contributed by atoms with Gasteiger partial charge in [0, 0.05) is 20.2 Å². The first kappa shape index (κ1) is 14.3. The van der Waals surface area contributed by atoms with Crippen LogP contribution in [0.3, 0.4) is 0 Å². The summed E-state index contributed by atoms with van der Waals surface area (Å²) in [6.45, 7) is 6.86. The van der Waals surface area contributed by atoms with Crippen LogP contribution in [0.4, 0.5) is 4.79 Å². The van der Waals surface area contributed by atoms with Gasteiger partial charge in [0.1, 0.15) is 5.60 Å². The Labute approximate surface area is 103 Å². The molecule has 5 heteroatoms. The van der Waals surface area contributed by atoms with Crippen molar-refractivity contribution < 1.29 is 19.4 Å². The number of hydrogen-bond donors (Lipinski definition) is 1. The van der Waals surface area contributed by atoms with E-state index in [1.165, 1.54) is 0 Å². The normalized spacial score (nSPS) is 20.2. The summed E-state index contributed by atoms with van der Waals surface area (Å²) in [5.74, 6) is 0. The number of amides is 1. The molecular formula is C12H23NO4. The highest BCUT2D eigenvalue weighted by molar-refractivity contribution is 5.68. The molecule has 0 aromatic carbocycles. The molecule has 0 saturated carbocycles. The molecule has 100 valence electrons. The van der Waals surface area contributed by atoms with Crippen molar-refractivity contribution in [3.8, 4) is 0 Å². The first-order valence-corrected chi connectivity index (χ1v) is 5.95. The van der Waals surface area contributed by atoms with Gasteiger partial charge in [0.05, 0.1) is 12.2 Å². The average molecular weight is 245 g/mol. The predicted octanol–water partition coefficient (Wildman–Crippen LogP) is 1.39. The van der Waals surface area contributed by atoms with Crippen molar-refractivity contribution in [3.05, 3.63) is 0 Å². The van der Waals surface area contributed by atoms with Crippen LogP contribution in [0.2, 0.25) is 0 Å². The van der Waals surface area contributed by atoms with Gasteiger partial charge in [0.15, 0.2) is 0 Å². The molecule has 0 unspecified atom stereocenters. The Balaban J connectivity index is 2.44. The molecule has 1 amide bonds. The van der Waals surface area contributed by atoms with Crippen LogP contribution in [-0.2, 0) is 9.47 Å². The van der Waals surface area contributed by atoms with Gasteiger partial charge in [-0.2, -0.15) is 0 Å². The van der Waals surface area contributed by atoms with E-state index in [-0.39, 0.29) is 6.09 Å². The highest BCUT2D eigenvalue weighted by Gasteiger charge is 2.35. The molecule has 1 aliphatic rings. The fourth-order valence-corrected chi connectivity index (χ4v) is 1.85. The quantitative estimate of drug-likeness (QED) is 0.798. The molecule has 0 aromatic heterocycles. The molecule has 1 rings (SSSR count). The molecule has 1 fully saturated rings. The third kappa shape index (κ3) is 4.52. The molecule has 0 aromatic rings. The van der Waals surface area contributed by atoms with Crippen LogP contribution < -0.4 is 0 Å². The van der Waals surface area contributed by atoms with E-state index in [4.69, 9.17) is 9.47 Å². The van der Waals surface area contributed by atoms with Gasteiger partial charge in [0.2, 0.25) is 0 Å². The summed E-state index contributed by atoms with van der Waals surface area (Å²) in [5.41, 5.74) is -1.27. The maximum Gasteiger partial charge on any atom is 0.410 e. The van der Waals surface area contributed by atoms with E-state index in [0.29, 0.717) is 32.5 Å². The van der Waals surface area contributed by atoms with E-state index < -0.39 is 11.2 Å². The molecule has 1 heterocycles. The largest absolute Gasteiger partial charge is 0.444 e. The van der Waals surface area contributed by atoms with Crippen molar-refractivity contribution in [2.45, 2.75) is 44.8 Å². The molecule has 1 aliphatic heterocycles. The number of nitrogens with zero attached hydrogens (tertiary/aromatic N) is 1. The summed E-state index contributed by atoms with van der Waals surface area (Å²) in [4.78, 5) is 13.4. The fourth-order valence-electron chi connectivity index (χ4n) is 1.85. The van der Waals surface area contributed by atoms with Gasteiger partial charge in [-0.05, 0) is 33.6 Å². The summed E-state index contributed by atoms with van der Waals surface area (Å²) in [7, 11) is 1.57. The van der Waals surface area contributed by atoms with Crippen molar-refractivity contribution in [2.24, 2.45) is 0 Å². The van der Waals surface area contributed by atoms with Crippen LogP contribution in [0.1, 0.15) is 33.6 Å². The van der Waals surface area contributed by atoms with E-state index in [1.807, 2.05) is 20.8 Å². The van der Waals surface area contributed by atoms with Crippen LogP contribution in [0.15, 0.2) is 0 Å². The molecule has 0 bridgehead atoms. The second-order valence-corrected chi connectivity index (χ2v) is 5.62. The minimum Gasteiger partial charge on any atom is -0.444 e. The van der Waals surface area contributed by atoms with E-state index >= 15 is 0 Å². The molecule has 0 aliphatic carbocycles. The number of ether oxygens (including phenoxy) is 2. The zero-order chi connectivity index (χ0) is 13.1. The number of piperidine rings is 1. The molecule has 0 radical (unpaired) electrons. The lowest BCUT2D eigenvalue weighted by molar-refractivity contribution is -0.0722. The van der Waals surface area contributed by atoms with Crippen LogP contribution >= 0.6 is 0 Å². The second-order valence-electron chi connectivity index (χ2n) is 5.62. The highest BCUT2D eigenvalue weighted by Crippen LogP contribution is 2.23. The minimum absolute atomic E-state index is 0.308. The van der Waals surface area contributed by atoms with Gasteiger partial charge in [-0.25, -0.2) is 4.79 Å². The number of carbonyl (C=O) groups is 1. The first-order chi connectivity index (χ1) is 7.76. The predicted molar refractivity (Wildman–Crippen MR) is 63.9 cm³/mol. The molecule has 0 spiro atoms. The van der Waals surface area contributed by atoms with Crippen LogP contribution in [0.5, 0.6) is 0 Å². The maximum absolute atomic E-state index is 11.8. The van der Waals surface area contributed by atoms with E-state index in [1.54, 1.807) is 12.0 Å². The zero-order valence-electron chi connectivity index (χ0n) is 11.2. The zero-order valence-corrected chi connectivity index (χ0v) is 11.2. The lowest BCUT2D eigenvalue weighted by atomic mass is 9.92. The molecule has 0 atom stereocenters. The number of rotatable bonds is 2. The van der Waals surface area contributed by atoms with E-state index in [0.717, 1.165) is 0 Å². The number of likely N-dealkylation sites (tertiary alicyclic amines) is 1. The topological polar surface area (TPSA) is 59.0 Å². The van der Waals surface area contributed by atoms with Crippen LogP contribution in [0.25, 0.3) is 0 Å². The Morgan fingerprint density at radius 2 is 1.88 bits per heavy atom. The Bertz CT molecular complexity index is 264. The Kier molecular flexibility index (Phi) is 4.38. The third-order valence-corrected chi connectivity index (χ3v) is 2.76. The molecule has 1 N–H and O–H groups in total. The SMILES string of the molecule is COCC1(O)CCN(C(=O)OC(C)(C)C)CC1. The summed E-state index contributed by atoms with van der Waals surface area (Å²) < 4.78 is 10.3.